The van der Waals surface area contributed by atoms with Crippen LogP contribution in [-0.4, -0.2) is 0 Å². The van der Waals surface area contributed by atoms with E-state index < -0.39 is 0 Å². The Labute approximate surface area is 97.7 Å². The predicted molar refractivity (Wildman–Crippen MR) is 58.3 cm³/mol. The molecule has 0 aliphatic heterocycles. The van der Waals surface area contributed by atoms with Gasteiger partial charge in [0.1, 0.15) is 0 Å². The molecule has 0 aromatic rings. The van der Waals surface area contributed by atoms with E-state index in [0.717, 1.165) is 12.8 Å². The Bertz CT molecular complexity index is 185. The number of hydrogen-bond acceptors (Lipinski definition) is 0. The fraction of sp³-hybridized carbons (Fsp3) is 0.385. The molecule has 0 N–H and O–H groups in total. The first kappa shape index (κ1) is 13.5. The van der Waals surface area contributed by atoms with Gasteiger partial charge in [-0.05, 0) is 12.8 Å². The molecule has 1 radical (unpaired) electrons. The Morgan fingerprint density at radius 2 is 1.50 bits per heavy atom. The Morgan fingerprint density at radius 3 is 2.14 bits per heavy atom. The Balaban J connectivity index is 0.000000246. The van der Waals surface area contributed by atoms with Crippen molar-refractivity contribution in [3.8, 4) is 0 Å². The zero-order valence-electron chi connectivity index (χ0n) is 8.41. The predicted octanol–water partition coefficient (Wildman–Crippen LogP) is 3.98. The van der Waals surface area contributed by atoms with Crippen LogP contribution in [0.5, 0.6) is 0 Å². The van der Waals surface area contributed by atoms with Gasteiger partial charge in [0, 0.05) is 16.8 Å². The molecule has 0 fully saturated rings. The summed E-state index contributed by atoms with van der Waals surface area (Å²) in [4.78, 5) is 0. The van der Waals surface area contributed by atoms with Gasteiger partial charge in [0.25, 0.3) is 0 Å². The fourth-order valence-corrected chi connectivity index (χ4v) is 1.18. The van der Waals surface area contributed by atoms with Crippen molar-refractivity contribution in [2.24, 2.45) is 0 Å². The molecule has 2 aliphatic carbocycles. The molecule has 1 heteroatoms. The summed E-state index contributed by atoms with van der Waals surface area (Å²) in [5.41, 5.74) is 0. The van der Waals surface area contributed by atoms with Crippen LogP contribution in [0.3, 0.4) is 0 Å². The summed E-state index contributed by atoms with van der Waals surface area (Å²) in [6, 6.07) is 0. The number of hydrogen-bond donors (Lipinski definition) is 0. The third-order valence-corrected chi connectivity index (χ3v) is 1.90. The van der Waals surface area contributed by atoms with Crippen LogP contribution in [0.15, 0.2) is 42.5 Å². The molecule has 0 aromatic heterocycles. The van der Waals surface area contributed by atoms with Gasteiger partial charge in [0.05, 0.1) is 0 Å². The number of rotatable bonds is 0. The van der Waals surface area contributed by atoms with E-state index in [2.05, 4.69) is 48.6 Å². The summed E-state index contributed by atoms with van der Waals surface area (Å²) < 4.78 is 0. The first-order valence-electron chi connectivity index (χ1n) is 5.02. The van der Waals surface area contributed by atoms with Crippen molar-refractivity contribution in [3.63, 3.8) is 0 Å². The zero-order chi connectivity index (χ0) is 9.19. The van der Waals surface area contributed by atoms with Gasteiger partial charge in [-0.1, -0.05) is 49.3 Å². The van der Waals surface area contributed by atoms with Gasteiger partial charge in [-0.2, -0.15) is 6.42 Å². The normalized spacial score (nSPS) is 20.0. The van der Waals surface area contributed by atoms with Crippen LogP contribution in [0.1, 0.15) is 32.1 Å². The van der Waals surface area contributed by atoms with Crippen LogP contribution < -0.4 is 0 Å². The minimum Gasteiger partial charge on any atom is -0.500 e. The van der Waals surface area contributed by atoms with Gasteiger partial charge < -0.3 is 6.08 Å². The van der Waals surface area contributed by atoms with E-state index in [1.54, 1.807) is 0 Å². The van der Waals surface area contributed by atoms with Gasteiger partial charge in [0.15, 0.2) is 0 Å². The Kier molecular flexibility index (Phi) is 10.1. The molecule has 0 heterocycles. The van der Waals surface area contributed by atoms with Crippen LogP contribution in [0.4, 0.5) is 0 Å². The Hall–Kier alpha value is -0.534. The summed E-state index contributed by atoms with van der Waals surface area (Å²) >= 11 is 0. The molecule has 0 atom stereocenters. The number of allylic oxidation sites excluding steroid dienone is 8. The smallest absolute Gasteiger partial charge is 0 e. The van der Waals surface area contributed by atoms with Crippen molar-refractivity contribution < 1.29 is 16.8 Å². The first-order chi connectivity index (χ1) is 6.50. The van der Waals surface area contributed by atoms with Gasteiger partial charge in [-0.3, -0.25) is 6.08 Å². The molecule has 0 unspecified atom stereocenters. The monoisotopic (exact) mass is 232 g/mol. The largest absolute Gasteiger partial charge is 0.500 e. The molecular formula is C13H17Co-. The molecule has 2 aliphatic rings. The SMILES string of the molecule is C1=CCC=C1.[C-]1=CCC/C=C\CC1.[Co]. The van der Waals surface area contributed by atoms with E-state index in [1.807, 2.05) is 0 Å². The van der Waals surface area contributed by atoms with E-state index >= 15 is 0 Å². The maximum absolute atomic E-state index is 3.21. The third kappa shape index (κ3) is 8.08. The average Bonchev–Trinajstić information content (AvgIpc) is 2.58. The molecule has 0 bridgehead atoms. The molecule has 0 aromatic carbocycles. The van der Waals surface area contributed by atoms with E-state index in [0.29, 0.717) is 0 Å². The molecule has 14 heavy (non-hydrogen) atoms. The minimum absolute atomic E-state index is 0. The molecule has 2 rings (SSSR count). The van der Waals surface area contributed by atoms with Crippen molar-refractivity contribution in [3.05, 3.63) is 48.6 Å². The maximum Gasteiger partial charge on any atom is 0 e. The summed E-state index contributed by atoms with van der Waals surface area (Å²) in [5, 5.41) is 0. The van der Waals surface area contributed by atoms with Crippen LogP contribution in [0.25, 0.3) is 0 Å². The molecule has 0 spiro atoms. The second-order valence-electron chi connectivity index (χ2n) is 3.09. The maximum atomic E-state index is 3.21. The second-order valence-corrected chi connectivity index (χ2v) is 3.09. The van der Waals surface area contributed by atoms with Gasteiger partial charge in [-0.15, -0.1) is 0 Å². The standard InChI is InChI=1S/C8H11.C5H6.Co/c1-2-4-6-8-7-5-3-1;1-2-4-5-3-1;/h1-2,7H,3-6H2;1-4H,5H2;/q-1;;/b2-1-;;. The summed E-state index contributed by atoms with van der Waals surface area (Å²) in [5.74, 6) is 0. The van der Waals surface area contributed by atoms with E-state index in [9.17, 15) is 0 Å². The van der Waals surface area contributed by atoms with Crippen LogP contribution >= 0.6 is 0 Å². The second kappa shape index (κ2) is 10.5. The molecule has 0 amide bonds. The van der Waals surface area contributed by atoms with Crippen LogP contribution in [0, 0.1) is 6.08 Å². The summed E-state index contributed by atoms with van der Waals surface area (Å²) in [7, 11) is 0. The van der Waals surface area contributed by atoms with Crippen LogP contribution in [-0.2, 0) is 16.8 Å². The first-order valence-corrected chi connectivity index (χ1v) is 5.02. The van der Waals surface area contributed by atoms with Gasteiger partial charge >= 0.3 is 0 Å². The van der Waals surface area contributed by atoms with Crippen molar-refractivity contribution in [1.82, 2.24) is 0 Å². The van der Waals surface area contributed by atoms with Crippen molar-refractivity contribution >= 4 is 0 Å². The molecule has 0 saturated carbocycles. The Morgan fingerprint density at radius 1 is 0.786 bits per heavy atom. The van der Waals surface area contributed by atoms with Crippen molar-refractivity contribution in [1.29, 1.82) is 0 Å². The van der Waals surface area contributed by atoms with E-state index in [-0.39, 0.29) is 16.8 Å². The minimum atomic E-state index is 0. The fourth-order valence-electron chi connectivity index (χ4n) is 1.18. The zero-order valence-corrected chi connectivity index (χ0v) is 9.45. The molecule has 79 valence electrons. The molecule has 0 nitrogen and oxygen atoms in total. The quantitative estimate of drug-likeness (QED) is 0.438. The topological polar surface area (TPSA) is 0 Å². The van der Waals surface area contributed by atoms with Gasteiger partial charge in [0.2, 0.25) is 0 Å². The average molecular weight is 232 g/mol. The van der Waals surface area contributed by atoms with E-state index in [4.69, 9.17) is 0 Å². The van der Waals surface area contributed by atoms with Crippen molar-refractivity contribution in [2.45, 2.75) is 32.1 Å². The summed E-state index contributed by atoms with van der Waals surface area (Å²) in [6.07, 6.45) is 24.0. The van der Waals surface area contributed by atoms with Crippen molar-refractivity contribution in [2.75, 3.05) is 0 Å². The molecular weight excluding hydrogens is 215 g/mol. The molecule has 0 saturated heterocycles. The third-order valence-electron chi connectivity index (χ3n) is 1.90. The summed E-state index contributed by atoms with van der Waals surface area (Å²) in [6.45, 7) is 0. The van der Waals surface area contributed by atoms with Crippen LogP contribution in [0.2, 0.25) is 0 Å². The van der Waals surface area contributed by atoms with E-state index in [1.165, 1.54) is 19.3 Å². The van der Waals surface area contributed by atoms with Gasteiger partial charge in [-0.25, -0.2) is 0 Å².